The van der Waals surface area contributed by atoms with Crippen molar-refractivity contribution >= 4 is 46.2 Å². The van der Waals surface area contributed by atoms with Crippen LogP contribution in [0.2, 0.25) is 10.0 Å². The maximum atomic E-state index is 13.1. The molecule has 2 N–H and O–H groups in total. The number of aromatic nitrogens is 4. The molecule has 0 aliphatic heterocycles. The van der Waals surface area contributed by atoms with E-state index in [4.69, 9.17) is 23.2 Å². The molecule has 1 saturated carbocycles. The Bertz CT molecular complexity index is 1500. The molecule has 2 heterocycles. The highest BCUT2D eigenvalue weighted by Crippen LogP contribution is 2.37. The first-order valence-corrected chi connectivity index (χ1v) is 12.2. The van der Waals surface area contributed by atoms with Crippen molar-refractivity contribution in [2.24, 2.45) is 5.92 Å². The molecular formula is C25H20Cl2F3N5O2. The number of aromatic carboxylic acids is 1. The summed E-state index contributed by atoms with van der Waals surface area (Å²) in [6.45, 7) is 2.09. The van der Waals surface area contributed by atoms with E-state index in [1.165, 1.54) is 12.1 Å². The lowest BCUT2D eigenvalue weighted by Gasteiger charge is -2.17. The molecule has 0 radical (unpaired) electrons. The highest BCUT2D eigenvalue weighted by atomic mass is 35.5. The number of fused-ring (bicyclic) bond motifs is 1. The van der Waals surface area contributed by atoms with Crippen LogP contribution in [-0.2, 0) is 12.7 Å². The molecule has 192 valence electrons. The Balaban J connectivity index is 1.71. The van der Waals surface area contributed by atoms with E-state index in [-0.39, 0.29) is 24.1 Å². The van der Waals surface area contributed by atoms with Crippen LogP contribution in [0.15, 0.2) is 42.5 Å². The van der Waals surface area contributed by atoms with Crippen molar-refractivity contribution in [3.05, 3.63) is 69.5 Å². The van der Waals surface area contributed by atoms with Gasteiger partial charge in [0.05, 0.1) is 10.6 Å². The first kappa shape index (κ1) is 25.3. The number of alkyl halides is 3. The van der Waals surface area contributed by atoms with Crippen LogP contribution in [0, 0.1) is 5.92 Å². The molecule has 0 saturated heterocycles. The Labute approximate surface area is 219 Å². The molecule has 1 aliphatic carbocycles. The second-order valence-electron chi connectivity index (χ2n) is 8.98. The zero-order valence-electron chi connectivity index (χ0n) is 19.4. The molecule has 4 aromatic rings. The Morgan fingerprint density at radius 1 is 1.14 bits per heavy atom. The zero-order valence-corrected chi connectivity index (χ0v) is 20.9. The lowest BCUT2D eigenvalue weighted by Crippen LogP contribution is -2.20. The number of hydrogen-bond acceptors (Lipinski definition) is 5. The van der Waals surface area contributed by atoms with E-state index >= 15 is 0 Å². The molecule has 2 aromatic heterocycles. The highest BCUT2D eigenvalue weighted by Gasteiger charge is 2.31. The Hall–Kier alpha value is -3.37. The van der Waals surface area contributed by atoms with Crippen molar-refractivity contribution in [3.8, 4) is 11.4 Å². The minimum Gasteiger partial charge on any atom is -0.475 e. The average Bonchev–Trinajstić information content (AvgIpc) is 3.62. The third-order valence-corrected chi connectivity index (χ3v) is 6.83. The Morgan fingerprint density at radius 3 is 2.43 bits per heavy atom. The fourth-order valence-corrected chi connectivity index (χ4v) is 4.67. The fraction of sp³-hybridized carbons (Fsp3) is 0.280. The van der Waals surface area contributed by atoms with Gasteiger partial charge in [0.15, 0.2) is 11.5 Å². The molecule has 1 aliphatic rings. The monoisotopic (exact) mass is 549 g/mol. The van der Waals surface area contributed by atoms with Gasteiger partial charge >= 0.3 is 12.1 Å². The molecule has 37 heavy (non-hydrogen) atoms. The first-order valence-electron chi connectivity index (χ1n) is 11.4. The zero-order chi connectivity index (χ0) is 26.5. The van der Waals surface area contributed by atoms with Gasteiger partial charge in [-0.3, -0.25) is 0 Å². The highest BCUT2D eigenvalue weighted by molar-refractivity contribution is 6.36. The summed E-state index contributed by atoms with van der Waals surface area (Å²) >= 11 is 12.6. The smallest absolute Gasteiger partial charge is 0.416 e. The molecule has 0 amide bonds. The number of carbonyl (C=O) groups is 1. The summed E-state index contributed by atoms with van der Waals surface area (Å²) in [5.74, 6) is -0.693. The summed E-state index contributed by atoms with van der Waals surface area (Å²) in [5.41, 5.74) is 0.822. The quantitative estimate of drug-likeness (QED) is 0.264. The molecular weight excluding hydrogens is 530 g/mol. The van der Waals surface area contributed by atoms with Crippen LogP contribution in [0.1, 0.15) is 41.5 Å². The van der Waals surface area contributed by atoms with Gasteiger partial charge in [0.2, 0.25) is 5.82 Å². The van der Waals surface area contributed by atoms with E-state index in [9.17, 15) is 23.1 Å². The summed E-state index contributed by atoms with van der Waals surface area (Å²) in [4.78, 5) is 24.8. The number of benzene rings is 2. The summed E-state index contributed by atoms with van der Waals surface area (Å²) in [6.07, 6.45) is -2.37. The second-order valence-corrected chi connectivity index (χ2v) is 9.83. The van der Waals surface area contributed by atoms with Crippen molar-refractivity contribution in [2.45, 2.75) is 38.5 Å². The predicted octanol–water partition coefficient (Wildman–Crippen LogP) is 6.78. The largest absolute Gasteiger partial charge is 0.475 e. The van der Waals surface area contributed by atoms with Gasteiger partial charge < -0.3 is 15.0 Å². The number of nitrogens with zero attached hydrogens (tertiary/aromatic N) is 4. The van der Waals surface area contributed by atoms with Gasteiger partial charge in [0.1, 0.15) is 11.3 Å². The van der Waals surface area contributed by atoms with Crippen molar-refractivity contribution < 1.29 is 23.1 Å². The van der Waals surface area contributed by atoms with Gasteiger partial charge in [-0.2, -0.15) is 13.2 Å². The molecule has 0 unspecified atom stereocenters. The van der Waals surface area contributed by atoms with E-state index in [1.807, 2.05) is 6.92 Å². The Morgan fingerprint density at radius 2 is 1.84 bits per heavy atom. The molecule has 12 heteroatoms. The predicted molar refractivity (Wildman–Crippen MR) is 134 cm³/mol. The fourth-order valence-electron chi connectivity index (χ4n) is 4.17. The third-order valence-electron chi connectivity index (χ3n) is 6.28. The van der Waals surface area contributed by atoms with Crippen molar-refractivity contribution in [2.75, 3.05) is 5.32 Å². The number of nitrogens with one attached hydrogen (secondary N) is 1. The number of hydrogen-bond donors (Lipinski definition) is 2. The van der Waals surface area contributed by atoms with Gasteiger partial charge in [-0.05, 0) is 61.6 Å². The standard InChI is InChI=1S/C25H20Cl2F3N5O2/c1-12(14-4-5-14)31-20-19-21(33-22(32-20)24(36)37)34-23(17-9-8-16(26)10-18(17)27)35(19)11-13-2-6-15(7-3-13)25(28,29)30/h2-3,6-10,12,14H,4-5,11H2,1H3,(H,36,37)(H,31,32,33)/t12-/m1/s1. The van der Waals surface area contributed by atoms with Crippen molar-refractivity contribution in [1.82, 2.24) is 19.5 Å². The normalized spacial score (nSPS) is 14.6. The minimum atomic E-state index is -4.46. The van der Waals surface area contributed by atoms with Gasteiger partial charge in [-0.15, -0.1) is 0 Å². The van der Waals surface area contributed by atoms with E-state index in [0.717, 1.165) is 25.0 Å². The van der Waals surface area contributed by atoms with Crippen molar-refractivity contribution in [3.63, 3.8) is 0 Å². The summed E-state index contributed by atoms with van der Waals surface area (Å²) in [5, 5.41) is 13.6. The minimum absolute atomic E-state index is 0.0109. The number of carboxylic acid groups (broad SMARTS) is 1. The molecule has 7 nitrogen and oxygen atoms in total. The van der Waals surface area contributed by atoms with Crippen LogP contribution in [-0.4, -0.2) is 36.6 Å². The van der Waals surface area contributed by atoms with Crippen LogP contribution in [0.25, 0.3) is 22.6 Å². The SMILES string of the molecule is C[C@@H](Nc1nc(C(=O)O)nc2nc(-c3ccc(Cl)cc3Cl)n(Cc3ccc(C(F)(F)F)cc3)c12)C1CC1. The van der Waals surface area contributed by atoms with Crippen LogP contribution in [0.5, 0.6) is 0 Å². The number of halogens is 5. The Kier molecular flexibility index (Phi) is 6.49. The topological polar surface area (TPSA) is 92.9 Å². The van der Waals surface area contributed by atoms with Crippen LogP contribution in [0.4, 0.5) is 19.0 Å². The third kappa shape index (κ3) is 5.21. The number of carboxylic acids is 1. The van der Waals surface area contributed by atoms with Gasteiger partial charge in [0.25, 0.3) is 0 Å². The molecule has 0 bridgehead atoms. The molecule has 5 rings (SSSR count). The lowest BCUT2D eigenvalue weighted by molar-refractivity contribution is -0.137. The molecule has 1 atom stereocenters. The molecule has 1 fully saturated rings. The summed E-state index contributed by atoms with van der Waals surface area (Å²) in [6, 6.07) is 9.64. The number of anilines is 1. The van der Waals surface area contributed by atoms with Gasteiger partial charge in [-0.1, -0.05) is 35.3 Å². The van der Waals surface area contributed by atoms with Crippen LogP contribution < -0.4 is 5.32 Å². The van der Waals surface area contributed by atoms with Crippen molar-refractivity contribution in [1.29, 1.82) is 0 Å². The van der Waals surface area contributed by atoms with Crippen LogP contribution in [0.3, 0.4) is 0 Å². The van der Waals surface area contributed by atoms with E-state index in [2.05, 4.69) is 20.3 Å². The first-order chi connectivity index (χ1) is 17.5. The molecule has 0 spiro atoms. The van der Waals surface area contributed by atoms with Crippen LogP contribution >= 0.6 is 23.2 Å². The number of imidazole rings is 1. The average molecular weight is 550 g/mol. The van der Waals surface area contributed by atoms with Gasteiger partial charge in [-0.25, -0.2) is 19.7 Å². The van der Waals surface area contributed by atoms with E-state index in [0.29, 0.717) is 38.4 Å². The number of rotatable bonds is 7. The summed E-state index contributed by atoms with van der Waals surface area (Å²) in [7, 11) is 0. The lowest BCUT2D eigenvalue weighted by atomic mass is 10.1. The van der Waals surface area contributed by atoms with E-state index < -0.39 is 23.5 Å². The molecule has 2 aromatic carbocycles. The maximum absolute atomic E-state index is 13.1. The maximum Gasteiger partial charge on any atom is 0.416 e. The second kappa shape index (κ2) is 9.50. The van der Waals surface area contributed by atoms with E-state index in [1.54, 1.807) is 22.8 Å². The summed E-state index contributed by atoms with van der Waals surface area (Å²) < 4.78 is 41.0. The van der Waals surface area contributed by atoms with Gasteiger partial charge in [0, 0.05) is 23.2 Å².